The summed E-state index contributed by atoms with van der Waals surface area (Å²) in [6.45, 7) is 5.92. The van der Waals surface area contributed by atoms with Crippen LogP contribution in [-0.4, -0.2) is 29.7 Å². The van der Waals surface area contributed by atoms with E-state index in [0.717, 1.165) is 22.5 Å². The molecule has 2 heterocycles. The molecule has 0 unspecified atom stereocenters. The summed E-state index contributed by atoms with van der Waals surface area (Å²) >= 11 is 0. The maximum Gasteiger partial charge on any atom is 0.139 e. The van der Waals surface area contributed by atoms with Crippen LogP contribution in [0.1, 0.15) is 48.6 Å². The molecule has 0 amide bonds. The summed E-state index contributed by atoms with van der Waals surface area (Å²) in [6, 6.07) is 12.2. The zero-order valence-corrected chi connectivity index (χ0v) is 14.9. The highest BCUT2D eigenvalue weighted by Gasteiger charge is 2.18. The minimum atomic E-state index is 0.220. The molecule has 1 aliphatic heterocycles. The lowest BCUT2D eigenvalue weighted by Crippen LogP contribution is -2.11. The number of ether oxygens (including phenoxy) is 1. The second-order valence-electron chi connectivity index (χ2n) is 6.46. The summed E-state index contributed by atoms with van der Waals surface area (Å²) in [7, 11) is 0. The van der Waals surface area contributed by atoms with Crippen molar-refractivity contribution in [3.63, 3.8) is 0 Å². The first-order chi connectivity index (χ1) is 12.2. The van der Waals surface area contributed by atoms with Crippen molar-refractivity contribution in [3.05, 3.63) is 65.0 Å². The van der Waals surface area contributed by atoms with Crippen LogP contribution in [0.15, 0.2) is 47.6 Å². The smallest absolute Gasteiger partial charge is 0.139 e. The van der Waals surface area contributed by atoms with Gasteiger partial charge in [-0.25, -0.2) is 0 Å². The summed E-state index contributed by atoms with van der Waals surface area (Å²) in [5, 5.41) is 0. The number of pyridine rings is 1. The van der Waals surface area contributed by atoms with Gasteiger partial charge >= 0.3 is 0 Å². The van der Waals surface area contributed by atoms with Crippen molar-refractivity contribution in [1.29, 1.82) is 0 Å². The number of hydrogen-bond donors (Lipinski definition) is 0. The Labute approximate surface area is 149 Å². The van der Waals surface area contributed by atoms with Crippen LogP contribution in [0.4, 0.5) is 0 Å². The lowest BCUT2D eigenvalue weighted by atomic mass is 9.94. The molecule has 0 spiro atoms. The third kappa shape index (κ3) is 4.40. The van der Waals surface area contributed by atoms with Crippen LogP contribution >= 0.6 is 0 Å². The number of fused-ring (bicyclic) bond motifs is 1. The Morgan fingerprint density at radius 2 is 2.08 bits per heavy atom. The molecule has 0 saturated heterocycles. The molecule has 4 heteroatoms. The Bertz CT molecular complexity index is 769. The van der Waals surface area contributed by atoms with Gasteiger partial charge in [0.2, 0.25) is 0 Å². The number of aliphatic imine (C=N–C) groups is 1. The summed E-state index contributed by atoms with van der Waals surface area (Å²) in [4.78, 5) is 21.4. The molecule has 1 atom stereocenters. The molecule has 0 fully saturated rings. The number of nitrogens with zero attached hydrogens (tertiary/aromatic N) is 2. The largest absolute Gasteiger partial charge is 0.375 e. The molecule has 25 heavy (non-hydrogen) atoms. The van der Waals surface area contributed by atoms with Gasteiger partial charge in [-0.2, -0.15) is 0 Å². The molecule has 0 radical (unpaired) electrons. The number of ketones is 1. The number of aromatic nitrogens is 1. The number of rotatable bonds is 8. The van der Waals surface area contributed by atoms with Gasteiger partial charge in [-0.1, -0.05) is 37.3 Å². The van der Waals surface area contributed by atoms with Crippen molar-refractivity contribution in [2.75, 3.05) is 13.2 Å². The van der Waals surface area contributed by atoms with Gasteiger partial charge in [0.1, 0.15) is 5.78 Å². The van der Waals surface area contributed by atoms with Gasteiger partial charge in [0.25, 0.3) is 0 Å². The fourth-order valence-corrected chi connectivity index (χ4v) is 3.14. The third-order valence-electron chi connectivity index (χ3n) is 4.52. The second-order valence-corrected chi connectivity index (χ2v) is 6.46. The summed E-state index contributed by atoms with van der Waals surface area (Å²) < 4.78 is 5.44. The Morgan fingerprint density at radius 1 is 1.28 bits per heavy atom. The molecule has 1 aliphatic rings. The number of carbonyl (C=O) groups excluding carboxylic acids is 1. The monoisotopic (exact) mass is 336 g/mol. The first-order valence-electron chi connectivity index (χ1n) is 8.83. The van der Waals surface area contributed by atoms with E-state index < -0.39 is 0 Å². The van der Waals surface area contributed by atoms with Crippen LogP contribution in [0.2, 0.25) is 0 Å². The third-order valence-corrected chi connectivity index (χ3v) is 4.52. The first kappa shape index (κ1) is 17.5. The van der Waals surface area contributed by atoms with E-state index in [0.29, 0.717) is 32.6 Å². The standard InChI is InChI=1S/C21H24N2O2/c1-3-25-14-21-20-13-22-18(10-17(20)12-23-21)11-19(24)9-15(2)16-7-5-4-6-8-16/h4-8,10,13,15H,3,9,11-12,14H2,1-2H3/t15-/m0/s1. The van der Waals surface area contributed by atoms with E-state index in [9.17, 15) is 4.79 Å². The van der Waals surface area contributed by atoms with Gasteiger partial charge in [-0.15, -0.1) is 0 Å². The van der Waals surface area contributed by atoms with Crippen LogP contribution in [0.25, 0.3) is 0 Å². The van der Waals surface area contributed by atoms with Crippen LogP contribution in [0.3, 0.4) is 0 Å². The quantitative estimate of drug-likeness (QED) is 0.738. The van der Waals surface area contributed by atoms with Gasteiger partial charge in [-0.05, 0) is 30.0 Å². The SMILES string of the molecule is CCOCC1=NCc2cc(CC(=O)C[C@H](C)c3ccccc3)ncc21. The zero-order chi connectivity index (χ0) is 17.6. The van der Waals surface area contributed by atoms with Crippen LogP contribution < -0.4 is 0 Å². The normalized spacial score (nSPS) is 14.1. The minimum absolute atomic E-state index is 0.220. The van der Waals surface area contributed by atoms with E-state index in [1.807, 2.05) is 37.4 Å². The summed E-state index contributed by atoms with van der Waals surface area (Å²) in [5.41, 5.74) is 5.19. The first-order valence-corrected chi connectivity index (χ1v) is 8.83. The van der Waals surface area contributed by atoms with E-state index in [4.69, 9.17) is 4.74 Å². The van der Waals surface area contributed by atoms with Gasteiger partial charge < -0.3 is 4.74 Å². The highest BCUT2D eigenvalue weighted by Crippen LogP contribution is 2.22. The molecule has 1 aromatic carbocycles. The molecular weight excluding hydrogens is 312 g/mol. The molecule has 0 saturated carbocycles. The Balaban J connectivity index is 1.60. The lowest BCUT2D eigenvalue weighted by molar-refractivity contribution is -0.118. The van der Waals surface area contributed by atoms with Crippen molar-refractivity contribution < 1.29 is 9.53 Å². The fourth-order valence-electron chi connectivity index (χ4n) is 3.14. The predicted octanol–water partition coefficient (Wildman–Crippen LogP) is 3.73. The number of Topliss-reactive ketones (excluding diaryl/α,β-unsaturated/α-hetero) is 1. The van der Waals surface area contributed by atoms with E-state index in [-0.39, 0.29) is 11.7 Å². The Kier molecular flexibility index (Phi) is 5.71. The molecule has 0 bridgehead atoms. The minimum Gasteiger partial charge on any atom is -0.375 e. The molecule has 0 N–H and O–H groups in total. The average Bonchev–Trinajstić information content (AvgIpc) is 3.02. The van der Waals surface area contributed by atoms with Crippen molar-refractivity contribution in [2.24, 2.45) is 4.99 Å². The van der Waals surface area contributed by atoms with E-state index >= 15 is 0 Å². The van der Waals surface area contributed by atoms with Gasteiger partial charge in [-0.3, -0.25) is 14.8 Å². The van der Waals surface area contributed by atoms with Crippen LogP contribution in [-0.2, 0) is 22.5 Å². The highest BCUT2D eigenvalue weighted by molar-refractivity contribution is 6.04. The maximum atomic E-state index is 12.4. The van der Waals surface area contributed by atoms with Gasteiger partial charge in [0.15, 0.2) is 0 Å². The van der Waals surface area contributed by atoms with Crippen LogP contribution in [0.5, 0.6) is 0 Å². The molecular formula is C21H24N2O2. The number of benzene rings is 1. The number of carbonyl (C=O) groups is 1. The van der Waals surface area contributed by atoms with Gasteiger partial charge in [0, 0.05) is 36.9 Å². The van der Waals surface area contributed by atoms with E-state index in [1.165, 1.54) is 5.56 Å². The maximum absolute atomic E-state index is 12.4. The molecule has 2 aromatic rings. The lowest BCUT2D eigenvalue weighted by Gasteiger charge is -2.11. The highest BCUT2D eigenvalue weighted by atomic mass is 16.5. The van der Waals surface area contributed by atoms with Crippen molar-refractivity contribution in [3.8, 4) is 0 Å². The zero-order valence-electron chi connectivity index (χ0n) is 14.9. The average molecular weight is 336 g/mol. The van der Waals surface area contributed by atoms with Crippen molar-refractivity contribution >= 4 is 11.5 Å². The molecule has 130 valence electrons. The number of hydrogen-bond acceptors (Lipinski definition) is 4. The van der Waals surface area contributed by atoms with Crippen molar-refractivity contribution in [2.45, 2.75) is 39.2 Å². The van der Waals surface area contributed by atoms with E-state index in [2.05, 4.69) is 29.0 Å². The fraction of sp³-hybridized carbons (Fsp3) is 0.381. The van der Waals surface area contributed by atoms with Gasteiger partial charge in [0.05, 0.1) is 18.9 Å². The van der Waals surface area contributed by atoms with E-state index in [1.54, 1.807) is 0 Å². The second kappa shape index (κ2) is 8.17. The van der Waals surface area contributed by atoms with Crippen LogP contribution in [0, 0.1) is 0 Å². The summed E-state index contributed by atoms with van der Waals surface area (Å²) in [6.07, 6.45) is 2.75. The topological polar surface area (TPSA) is 51.5 Å². The molecule has 4 nitrogen and oxygen atoms in total. The molecule has 1 aromatic heterocycles. The predicted molar refractivity (Wildman–Crippen MR) is 99.2 cm³/mol. The summed E-state index contributed by atoms with van der Waals surface area (Å²) in [5.74, 6) is 0.446. The van der Waals surface area contributed by atoms with Crippen molar-refractivity contribution in [1.82, 2.24) is 4.98 Å². The Morgan fingerprint density at radius 3 is 2.84 bits per heavy atom. The molecule has 3 rings (SSSR count). The molecule has 0 aliphatic carbocycles. The Hall–Kier alpha value is -2.33.